The first-order valence-electron chi connectivity index (χ1n) is 7.06. The lowest BCUT2D eigenvalue weighted by molar-refractivity contribution is 0.189. The van der Waals surface area contributed by atoms with Crippen LogP contribution >= 0.6 is 15.9 Å². The molecule has 0 atom stereocenters. The second-order valence-corrected chi connectivity index (χ2v) is 6.98. The quantitative estimate of drug-likeness (QED) is 0.840. The van der Waals surface area contributed by atoms with E-state index < -0.39 is 0 Å². The van der Waals surface area contributed by atoms with Gasteiger partial charge in [-0.05, 0) is 40.1 Å². The first-order valence-corrected chi connectivity index (χ1v) is 7.86. The monoisotopic (exact) mass is 350 g/mol. The van der Waals surface area contributed by atoms with Crippen LogP contribution in [-0.2, 0) is 6.54 Å². The molecule has 2 N–H and O–H groups in total. The van der Waals surface area contributed by atoms with Crippen molar-refractivity contribution < 1.29 is 0 Å². The lowest BCUT2D eigenvalue weighted by atomic mass is 10.0. The van der Waals surface area contributed by atoms with Gasteiger partial charge in [0.2, 0.25) is 0 Å². The van der Waals surface area contributed by atoms with E-state index in [0.29, 0.717) is 0 Å². The van der Waals surface area contributed by atoms with Crippen molar-refractivity contribution in [1.29, 1.82) is 0 Å². The van der Waals surface area contributed by atoms with Gasteiger partial charge in [0, 0.05) is 22.1 Å². The number of hydrogen-bond donors (Lipinski definition) is 2. The molecule has 4 nitrogen and oxygen atoms in total. The Labute approximate surface area is 135 Å². The number of H-pyrrole nitrogens is 1. The lowest BCUT2D eigenvalue weighted by Gasteiger charge is -2.32. The molecule has 1 aromatic heterocycles. The molecule has 114 valence electrons. The van der Waals surface area contributed by atoms with Gasteiger partial charge in [0.1, 0.15) is 5.82 Å². The van der Waals surface area contributed by atoms with Crippen LogP contribution < -0.4 is 5.32 Å². The molecule has 0 aliphatic carbocycles. The largest absolute Gasteiger partial charge is 0.341 e. The Kier molecular flexibility index (Phi) is 5.19. The second kappa shape index (κ2) is 6.73. The van der Waals surface area contributed by atoms with Crippen molar-refractivity contribution in [3.8, 4) is 11.3 Å². The third kappa shape index (κ3) is 4.40. The molecule has 2 rings (SSSR count). The fraction of sp³-hybridized carbons (Fsp3) is 0.438. The molecule has 1 aromatic carbocycles. The van der Waals surface area contributed by atoms with E-state index >= 15 is 0 Å². The van der Waals surface area contributed by atoms with Gasteiger partial charge in [-0.1, -0.05) is 28.1 Å². The summed E-state index contributed by atoms with van der Waals surface area (Å²) in [7, 11) is 4.19. The minimum atomic E-state index is 0.125. The molecule has 5 heteroatoms. The predicted octanol–water partition coefficient (Wildman–Crippen LogP) is 3.27. The van der Waals surface area contributed by atoms with E-state index in [4.69, 9.17) is 0 Å². The van der Waals surface area contributed by atoms with Crippen LogP contribution in [0.2, 0.25) is 0 Å². The van der Waals surface area contributed by atoms with E-state index in [2.05, 4.69) is 76.2 Å². The van der Waals surface area contributed by atoms with Crippen LogP contribution in [0.3, 0.4) is 0 Å². The van der Waals surface area contributed by atoms with Gasteiger partial charge < -0.3 is 15.2 Å². The molecule has 0 spiro atoms. The van der Waals surface area contributed by atoms with Crippen LogP contribution in [0.5, 0.6) is 0 Å². The molecule has 2 aromatic rings. The molecule has 21 heavy (non-hydrogen) atoms. The minimum Gasteiger partial charge on any atom is -0.341 e. The zero-order valence-electron chi connectivity index (χ0n) is 13.1. The molecule has 0 radical (unpaired) electrons. The summed E-state index contributed by atoms with van der Waals surface area (Å²) < 4.78 is 1.07. The van der Waals surface area contributed by atoms with Gasteiger partial charge in [-0.3, -0.25) is 0 Å². The van der Waals surface area contributed by atoms with Crippen molar-refractivity contribution in [3.05, 3.63) is 40.8 Å². The second-order valence-electron chi connectivity index (χ2n) is 6.06. The van der Waals surface area contributed by atoms with Crippen LogP contribution in [0.25, 0.3) is 11.3 Å². The highest BCUT2D eigenvalue weighted by molar-refractivity contribution is 9.10. The molecule has 0 amide bonds. The van der Waals surface area contributed by atoms with E-state index in [1.165, 1.54) is 0 Å². The molecule has 0 fully saturated rings. The van der Waals surface area contributed by atoms with Gasteiger partial charge in [0.05, 0.1) is 18.4 Å². The first kappa shape index (κ1) is 16.2. The smallest absolute Gasteiger partial charge is 0.120 e. The highest BCUT2D eigenvalue weighted by atomic mass is 79.9. The summed E-state index contributed by atoms with van der Waals surface area (Å²) in [5.41, 5.74) is 2.30. The Bertz CT molecular complexity index is 589. The predicted molar refractivity (Wildman–Crippen MR) is 91.2 cm³/mol. The van der Waals surface area contributed by atoms with Gasteiger partial charge in [-0.15, -0.1) is 0 Å². The normalized spacial score (nSPS) is 12.1. The Morgan fingerprint density at radius 2 is 2.10 bits per heavy atom. The summed E-state index contributed by atoms with van der Waals surface area (Å²) >= 11 is 3.49. The number of aromatic amines is 1. The zero-order chi connectivity index (χ0) is 15.5. The molecular weight excluding hydrogens is 328 g/mol. The van der Waals surface area contributed by atoms with Gasteiger partial charge in [0.15, 0.2) is 0 Å². The third-order valence-corrected chi connectivity index (χ3v) is 4.32. The lowest BCUT2D eigenvalue weighted by Crippen LogP contribution is -2.46. The number of benzene rings is 1. The van der Waals surface area contributed by atoms with Crippen LogP contribution in [-0.4, -0.2) is 41.0 Å². The number of halogens is 1. The van der Waals surface area contributed by atoms with E-state index in [1.54, 1.807) is 0 Å². The molecule has 0 saturated carbocycles. The Hall–Kier alpha value is -1.17. The van der Waals surface area contributed by atoms with Crippen molar-refractivity contribution in [2.45, 2.75) is 25.9 Å². The van der Waals surface area contributed by atoms with Gasteiger partial charge in [-0.25, -0.2) is 4.98 Å². The van der Waals surface area contributed by atoms with Gasteiger partial charge in [0.25, 0.3) is 0 Å². The first-order chi connectivity index (χ1) is 9.88. The standard InChI is InChI=1S/C16H23BrN4/c1-16(2,21(3)4)11-18-10-15-19-9-14(20-15)12-6-5-7-13(17)8-12/h5-9,18H,10-11H2,1-4H3,(H,19,20). The summed E-state index contributed by atoms with van der Waals surface area (Å²) in [5, 5.41) is 3.45. The number of nitrogens with zero attached hydrogens (tertiary/aromatic N) is 2. The zero-order valence-corrected chi connectivity index (χ0v) is 14.7. The van der Waals surface area contributed by atoms with Crippen LogP contribution in [0.4, 0.5) is 0 Å². The average molecular weight is 351 g/mol. The molecule has 1 heterocycles. The maximum absolute atomic E-state index is 4.44. The van der Waals surface area contributed by atoms with E-state index in [-0.39, 0.29) is 5.54 Å². The van der Waals surface area contributed by atoms with Crippen LogP contribution in [0.15, 0.2) is 34.9 Å². The maximum atomic E-state index is 4.44. The average Bonchev–Trinajstić information content (AvgIpc) is 2.87. The van der Waals surface area contributed by atoms with Gasteiger partial charge in [-0.2, -0.15) is 0 Å². The molecule has 0 aliphatic rings. The van der Waals surface area contributed by atoms with Crippen molar-refractivity contribution in [2.75, 3.05) is 20.6 Å². The van der Waals surface area contributed by atoms with Crippen molar-refractivity contribution in [1.82, 2.24) is 20.2 Å². The number of hydrogen-bond acceptors (Lipinski definition) is 3. The number of likely N-dealkylation sites (N-methyl/N-ethyl adjacent to an activating group) is 1. The minimum absolute atomic E-state index is 0.125. The van der Waals surface area contributed by atoms with Crippen molar-refractivity contribution in [3.63, 3.8) is 0 Å². The summed E-state index contributed by atoms with van der Waals surface area (Å²) in [6, 6.07) is 8.20. The fourth-order valence-electron chi connectivity index (χ4n) is 1.90. The molecule has 0 bridgehead atoms. The summed E-state index contributed by atoms with van der Waals surface area (Å²) in [4.78, 5) is 10.0. The summed E-state index contributed by atoms with van der Waals surface area (Å²) in [6.07, 6.45) is 1.88. The molecular formula is C16H23BrN4. The number of rotatable bonds is 6. The Morgan fingerprint density at radius 3 is 2.76 bits per heavy atom. The number of nitrogens with one attached hydrogen (secondary N) is 2. The topological polar surface area (TPSA) is 44.0 Å². The van der Waals surface area contributed by atoms with E-state index in [1.807, 2.05) is 18.3 Å². The SMILES string of the molecule is CN(C)C(C)(C)CNCc1ncc(-c2cccc(Br)c2)[nH]1. The van der Waals surface area contributed by atoms with Gasteiger partial charge >= 0.3 is 0 Å². The maximum Gasteiger partial charge on any atom is 0.120 e. The number of aromatic nitrogens is 2. The number of imidazole rings is 1. The summed E-state index contributed by atoms with van der Waals surface area (Å²) in [5.74, 6) is 0.958. The van der Waals surface area contributed by atoms with E-state index in [9.17, 15) is 0 Å². The summed E-state index contributed by atoms with van der Waals surface area (Å²) in [6.45, 7) is 6.09. The Balaban J connectivity index is 1.95. The molecule has 0 saturated heterocycles. The fourth-order valence-corrected chi connectivity index (χ4v) is 2.30. The van der Waals surface area contributed by atoms with Crippen molar-refractivity contribution in [2.24, 2.45) is 0 Å². The van der Waals surface area contributed by atoms with Crippen molar-refractivity contribution >= 4 is 15.9 Å². The Morgan fingerprint density at radius 1 is 1.33 bits per heavy atom. The third-order valence-electron chi connectivity index (χ3n) is 3.82. The molecule has 0 unspecified atom stereocenters. The van der Waals surface area contributed by atoms with E-state index in [0.717, 1.165) is 34.6 Å². The van der Waals surface area contributed by atoms with Crippen LogP contribution in [0.1, 0.15) is 19.7 Å². The molecule has 0 aliphatic heterocycles. The highest BCUT2D eigenvalue weighted by Crippen LogP contribution is 2.21. The van der Waals surface area contributed by atoms with Crippen LogP contribution in [0, 0.1) is 0 Å². The highest BCUT2D eigenvalue weighted by Gasteiger charge is 2.19.